The third kappa shape index (κ3) is 5.08. The number of anilines is 1. The number of halogens is 1. The summed E-state index contributed by atoms with van der Waals surface area (Å²) in [7, 11) is 1.58. The van der Waals surface area contributed by atoms with Gasteiger partial charge >= 0.3 is 6.03 Å². The summed E-state index contributed by atoms with van der Waals surface area (Å²) in [6.07, 6.45) is -0.551. The van der Waals surface area contributed by atoms with Crippen molar-refractivity contribution in [2.24, 2.45) is 5.92 Å². The standard InChI is InChI=1S/C13H19BrN2O3/c1-8(2)12(17)7-15-13(18)16-11-5-4-9(19-3)6-10(11)14/h4-6,8,12,17H,7H2,1-3H3,(H2,15,16,18). The van der Waals surface area contributed by atoms with Crippen LogP contribution in [0.3, 0.4) is 0 Å². The van der Waals surface area contributed by atoms with Crippen LogP contribution in [0.4, 0.5) is 10.5 Å². The lowest BCUT2D eigenvalue weighted by Crippen LogP contribution is -2.37. The zero-order chi connectivity index (χ0) is 14.4. The Balaban J connectivity index is 2.53. The van der Waals surface area contributed by atoms with Gasteiger partial charge in [-0.3, -0.25) is 0 Å². The fraction of sp³-hybridized carbons (Fsp3) is 0.462. The minimum Gasteiger partial charge on any atom is -0.497 e. The Morgan fingerprint density at radius 3 is 2.68 bits per heavy atom. The zero-order valence-corrected chi connectivity index (χ0v) is 12.8. The van der Waals surface area contributed by atoms with Crippen molar-refractivity contribution in [3.05, 3.63) is 22.7 Å². The van der Waals surface area contributed by atoms with E-state index in [1.54, 1.807) is 25.3 Å². The summed E-state index contributed by atoms with van der Waals surface area (Å²) in [4.78, 5) is 11.7. The average molecular weight is 331 g/mol. The number of urea groups is 1. The Labute approximate surface area is 121 Å². The summed E-state index contributed by atoms with van der Waals surface area (Å²) in [6.45, 7) is 4.01. The molecule has 0 bridgehead atoms. The van der Waals surface area contributed by atoms with Crippen molar-refractivity contribution in [2.75, 3.05) is 19.0 Å². The fourth-order valence-electron chi connectivity index (χ4n) is 1.32. The quantitative estimate of drug-likeness (QED) is 0.777. The second-order valence-electron chi connectivity index (χ2n) is 4.49. The number of hydrogen-bond acceptors (Lipinski definition) is 3. The molecule has 0 aliphatic carbocycles. The molecule has 106 valence electrons. The monoisotopic (exact) mass is 330 g/mol. The van der Waals surface area contributed by atoms with Crippen molar-refractivity contribution in [3.63, 3.8) is 0 Å². The summed E-state index contributed by atoms with van der Waals surface area (Å²) < 4.78 is 5.80. The average Bonchev–Trinajstić information content (AvgIpc) is 2.38. The summed E-state index contributed by atoms with van der Waals surface area (Å²) in [6, 6.07) is 4.90. The summed E-state index contributed by atoms with van der Waals surface area (Å²) >= 11 is 3.35. The first-order valence-corrected chi connectivity index (χ1v) is 6.79. The molecule has 0 spiro atoms. The summed E-state index contributed by atoms with van der Waals surface area (Å²) in [5.41, 5.74) is 0.636. The molecule has 0 aromatic heterocycles. The lowest BCUT2D eigenvalue weighted by molar-refractivity contribution is 0.126. The van der Waals surface area contributed by atoms with Gasteiger partial charge in [-0.15, -0.1) is 0 Å². The second kappa shape index (κ2) is 7.35. The first kappa shape index (κ1) is 15.8. The highest BCUT2D eigenvalue weighted by Crippen LogP contribution is 2.26. The number of carbonyl (C=O) groups excluding carboxylic acids is 1. The third-order valence-electron chi connectivity index (χ3n) is 2.67. The Morgan fingerprint density at radius 1 is 1.47 bits per heavy atom. The Morgan fingerprint density at radius 2 is 2.16 bits per heavy atom. The number of methoxy groups -OCH3 is 1. The molecular weight excluding hydrogens is 312 g/mol. The SMILES string of the molecule is COc1ccc(NC(=O)NCC(O)C(C)C)c(Br)c1. The summed E-state index contributed by atoms with van der Waals surface area (Å²) in [5.74, 6) is 0.807. The van der Waals surface area contributed by atoms with E-state index in [0.717, 1.165) is 4.47 Å². The predicted molar refractivity (Wildman–Crippen MR) is 78.6 cm³/mol. The van der Waals surface area contributed by atoms with Crippen LogP contribution in [0, 0.1) is 5.92 Å². The minimum absolute atomic E-state index is 0.105. The maximum atomic E-state index is 11.7. The smallest absolute Gasteiger partial charge is 0.319 e. The largest absolute Gasteiger partial charge is 0.497 e. The van der Waals surface area contributed by atoms with Crippen LogP contribution in [0.5, 0.6) is 5.75 Å². The van der Waals surface area contributed by atoms with Gasteiger partial charge in [0.1, 0.15) is 5.75 Å². The van der Waals surface area contributed by atoms with Crippen molar-refractivity contribution < 1.29 is 14.6 Å². The predicted octanol–water partition coefficient (Wildman–Crippen LogP) is 2.60. The molecule has 0 radical (unpaired) electrons. The second-order valence-corrected chi connectivity index (χ2v) is 5.35. The van der Waals surface area contributed by atoms with Gasteiger partial charge in [-0.2, -0.15) is 0 Å². The fourth-order valence-corrected chi connectivity index (χ4v) is 1.78. The van der Waals surface area contributed by atoms with Crippen LogP contribution in [0.2, 0.25) is 0 Å². The molecule has 0 saturated carbocycles. The number of aliphatic hydroxyl groups excluding tert-OH is 1. The van der Waals surface area contributed by atoms with Crippen LogP contribution < -0.4 is 15.4 Å². The number of hydrogen-bond donors (Lipinski definition) is 3. The van der Waals surface area contributed by atoms with Gasteiger partial charge in [0.2, 0.25) is 0 Å². The van der Waals surface area contributed by atoms with Gasteiger partial charge in [0, 0.05) is 11.0 Å². The van der Waals surface area contributed by atoms with E-state index in [9.17, 15) is 9.90 Å². The van der Waals surface area contributed by atoms with Crippen LogP contribution in [0.1, 0.15) is 13.8 Å². The number of nitrogens with one attached hydrogen (secondary N) is 2. The number of amides is 2. The summed E-state index contributed by atoms with van der Waals surface area (Å²) in [5, 5.41) is 14.9. The van der Waals surface area contributed by atoms with Gasteiger partial charge < -0.3 is 20.5 Å². The Kier molecular flexibility index (Phi) is 6.11. The van der Waals surface area contributed by atoms with Crippen LogP contribution >= 0.6 is 15.9 Å². The maximum absolute atomic E-state index is 11.7. The van der Waals surface area contributed by atoms with Crippen molar-refractivity contribution in [1.29, 1.82) is 0 Å². The number of rotatable bonds is 5. The molecule has 1 aromatic rings. The molecule has 1 rings (SSSR count). The first-order chi connectivity index (χ1) is 8.93. The molecule has 2 amide bonds. The van der Waals surface area contributed by atoms with E-state index in [-0.39, 0.29) is 18.5 Å². The highest BCUT2D eigenvalue weighted by atomic mass is 79.9. The van der Waals surface area contributed by atoms with Crippen LogP contribution in [0.25, 0.3) is 0 Å². The van der Waals surface area contributed by atoms with Gasteiger partial charge in [-0.05, 0) is 40.0 Å². The first-order valence-electron chi connectivity index (χ1n) is 6.00. The number of carbonyl (C=O) groups is 1. The molecule has 1 aromatic carbocycles. The molecule has 0 fully saturated rings. The lowest BCUT2D eigenvalue weighted by atomic mass is 10.1. The van der Waals surface area contributed by atoms with Crippen molar-refractivity contribution in [1.82, 2.24) is 5.32 Å². The van der Waals surface area contributed by atoms with E-state index in [1.165, 1.54) is 0 Å². The van der Waals surface area contributed by atoms with Crippen molar-refractivity contribution in [2.45, 2.75) is 20.0 Å². The van der Waals surface area contributed by atoms with Crippen molar-refractivity contribution >= 4 is 27.6 Å². The molecule has 19 heavy (non-hydrogen) atoms. The van der Waals surface area contributed by atoms with Crippen LogP contribution in [0.15, 0.2) is 22.7 Å². The topological polar surface area (TPSA) is 70.6 Å². The highest BCUT2D eigenvalue weighted by Gasteiger charge is 2.11. The molecular formula is C13H19BrN2O3. The van der Waals surface area contributed by atoms with Gasteiger partial charge in [-0.25, -0.2) is 4.79 Å². The molecule has 1 atom stereocenters. The van der Waals surface area contributed by atoms with Gasteiger partial charge in [0.25, 0.3) is 0 Å². The number of aliphatic hydroxyl groups is 1. The number of ether oxygens (including phenoxy) is 1. The van der Waals surface area contributed by atoms with Crippen LogP contribution in [-0.4, -0.2) is 30.9 Å². The molecule has 0 aliphatic rings. The zero-order valence-electron chi connectivity index (χ0n) is 11.2. The van der Waals surface area contributed by atoms with E-state index >= 15 is 0 Å². The molecule has 0 heterocycles. The van der Waals surface area contributed by atoms with E-state index in [4.69, 9.17) is 4.74 Å². The molecule has 6 heteroatoms. The van der Waals surface area contributed by atoms with E-state index < -0.39 is 6.10 Å². The molecule has 0 aliphatic heterocycles. The van der Waals surface area contributed by atoms with Crippen LogP contribution in [-0.2, 0) is 0 Å². The Bertz CT molecular complexity index is 438. The lowest BCUT2D eigenvalue weighted by Gasteiger charge is -2.16. The molecule has 1 unspecified atom stereocenters. The van der Waals surface area contributed by atoms with Crippen molar-refractivity contribution in [3.8, 4) is 5.75 Å². The van der Waals surface area contributed by atoms with Gasteiger partial charge in [0.15, 0.2) is 0 Å². The minimum atomic E-state index is -0.551. The van der Waals surface area contributed by atoms with E-state index in [0.29, 0.717) is 11.4 Å². The maximum Gasteiger partial charge on any atom is 0.319 e. The third-order valence-corrected chi connectivity index (χ3v) is 3.32. The van der Waals surface area contributed by atoms with Gasteiger partial charge in [0.05, 0.1) is 18.9 Å². The normalized spacial score (nSPS) is 12.1. The van der Waals surface area contributed by atoms with E-state index in [1.807, 2.05) is 13.8 Å². The van der Waals surface area contributed by atoms with Gasteiger partial charge in [-0.1, -0.05) is 13.8 Å². The Hall–Kier alpha value is -1.27. The highest BCUT2D eigenvalue weighted by molar-refractivity contribution is 9.10. The molecule has 3 N–H and O–H groups in total. The van der Waals surface area contributed by atoms with E-state index in [2.05, 4.69) is 26.6 Å². The molecule has 0 saturated heterocycles. The number of benzene rings is 1. The molecule has 5 nitrogen and oxygen atoms in total.